The maximum Gasteiger partial charge on any atom is 0.141 e. The van der Waals surface area contributed by atoms with E-state index in [2.05, 4.69) is 39.3 Å². The van der Waals surface area contributed by atoms with Gasteiger partial charge in [-0.15, -0.1) is 11.3 Å². The molecule has 2 aromatic rings. The van der Waals surface area contributed by atoms with E-state index in [-0.39, 0.29) is 6.04 Å². The van der Waals surface area contributed by atoms with Gasteiger partial charge < -0.3 is 10.5 Å². The van der Waals surface area contributed by atoms with Gasteiger partial charge in [-0.2, -0.15) is 0 Å². The predicted octanol–water partition coefficient (Wildman–Crippen LogP) is 4.07. The average Bonchev–Trinajstić information content (AvgIpc) is 2.83. The minimum Gasteiger partial charge on any atom is -0.486 e. The number of thiophene rings is 1. The maximum absolute atomic E-state index is 6.03. The topological polar surface area (TPSA) is 48.1 Å². The number of hydrogen-bond donors (Lipinski definition) is 1. The molecule has 2 rings (SSSR count). The van der Waals surface area contributed by atoms with Gasteiger partial charge in [0, 0.05) is 32.9 Å². The van der Waals surface area contributed by atoms with Crippen molar-refractivity contribution in [1.29, 1.82) is 0 Å². The van der Waals surface area contributed by atoms with E-state index in [9.17, 15) is 0 Å². The van der Waals surface area contributed by atoms with E-state index in [0.717, 1.165) is 34.5 Å². The molecule has 0 saturated heterocycles. The van der Waals surface area contributed by atoms with Gasteiger partial charge in [0.2, 0.25) is 0 Å². The lowest BCUT2D eigenvalue weighted by molar-refractivity contribution is 0.303. The van der Waals surface area contributed by atoms with Gasteiger partial charge in [-0.1, -0.05) is 6.92 Å². The normalized spacial score (nSPS) is 12.4. The summed E-state index contributed by atoms with van der Waals surface area (Å²) in [4.78, 5) is 5.75. The van der Waals surface area contributed by atoms with Crippen LogP contribution >= 0.6 is 27.3 Å². The van der Waals surface area contributed by atoms with E-state index in [1.165, 1.54) is 4.88 Å². The van der Waals surface area contributed by atoms with Crippen molar-refractivity contribution in [2.24, 2.45) is 5.73 Å². The van der Waals surface area contributed by atoms with Crippen LogP contribution in [0.3, 0.4) is 0 Å². The van der Waals surface area contributed by atoms with Crippen molar-refractivity contribution in [3.8, 4) is 5.75 Å². The highest BCUT2D eigenvalue weighted by Gasteiger charge is 2.10. The molecule has 0 amide bonds. The molecular weight excluding hydrogens is 336 g/mol. The monoisotopic (exact) mass is 354 g/mol. The fourth-order valence-corrected chi connectivity index (χ4v) is 3.21. The Morgan fingerprint density at radius 1 is 1.45 bits per heavy atom. The van der Waals surface area contributed by atoms with Crippen LogP contribution in [0, 0.1) is 6.92 Å². The van der Waals surface area contributed by atoms with Crippen LogP contribution in [0.25, 0.3) is 0 Å². The molecule has 2 N–H and O–H groups in total. The van der Waals surface area contributed by atoms with Crippen LogP contribution in [-0.4, -0.2) is 11.0 Å². The van der Waals surface area contributed by atoms with Crippen molar-refractivity contribution < 1.29 is 4.74 Å². The third-order valence-electron chi connectivity index (χ3n) is 3.04. The van der Waals surface area contributed by atoms with Gasteiger partial charge in [0.15, 0.2) is 0 Å². The van der Waals surface area contributed by atoms with Gasteiger partial charge in [0.25, 0.3) is 0 Å². The first-order chi connectivity index (χ1) is 9.58. The van der Waals surface area contributed by atoms with Gasteiger partial charge in [-0.3, -0.25) is 4.98 Å². The molecule has 3 nitrogen and oxygen atoms in total. The molecule has 0 radical (unpaired) electrons. The van der Waals surface area contributed by atoms with E-state index in [0.29, 0.717) is 6.61 Å². The summed E-state index contributed by atoms with van der Waals surface area (Å²) in [5.41, 5.74) is 7.98. The Hall–Kier alpha value is -0.910. The molecule has 5 heteroatoms. The zero-order chi connectivity index (χ0) is 14.5. The van der Waals surface area contributed by atoms with Crippen LogP contribution in [0.5, 0.6) is 5.75 Å². The number of aryl methyl sites for hydroxylation is 1. The molecule has 0 fully saturated rings. The second-order valence-electron chi connectivity index (χ2n) is 4.79. The summed E-state index contributed by atoms with van der Waals surface area (Å²) in [5, 5.41) is 2.06. The lowest BCUT2D eigenvalue weighted by atomic mass is 10.1. The number of hydrogen-bond acceptors (Lipinski definition) is 4. The molecule has 0 spiro atoms. The summed E-state index contributed by atoms with van der Waals surface area (Å²) < 4.78 is 7.00. The van der Waals surface area contributed by atoms with Gasteiger partial charge in [0.05, 0.1) is 5.69 Å². The molecule has 0 saturated carbocycles. The van der Waals surface area contributed by atoms with E-state index in [1.807, 2.05) is 19.1 Å². The largest absolute Gasteiger partial charge is 0.486 e. The molecule has 0 aromatic carbocycles. The average molecular weight is 355 g/mol. The second-order valence-corrected chi connectivity index (χ2v) is 6.70. The summed E-state index contributed by atoms with van der Waals surface area (Å²) in [5.74, 6) is 0.837. The van der Waals surface area contributed by atoms with Crippen LogP contribution in [-0.2, 0) is 13.0 Å². The quantitative estimate of drug-likeness (QED) is 0.850. The van der Waals surface area contributed by atoms with E-state index >= 15 is 0 Å². The minimum absolute atomic E-state index is 0.127. The number of pyridine rings is 1. The smallest absolute Gasteiger partial charge is 0.141 e. The van der Waals surface area contributed by atoms with Crippen molar-refractivity contribution in [3.05, 3.63) is 44.3 Å². The van der Waals surface area contributed by atoms with Crippen molar-refractivity contribution in [3.63, 3.8) is 0 Å². The third kappa shape index (κ3) is 4.30. The third-order valence-corrected chi connectivity index (χ3v) is 4.71. The Balaban J connectivity index is 2.09. The van der Waals surface area contributed by atoms with Gasteiger partial charge in [-0.05, 0) is 47.5 Å². The van der Waals surface area contributed by atoms with Crippen molar-refractivity contribution in [1.82, 2.24) is 4.98 Å². The lowest BCUT2D eigenvalue weighted by Gasteiger charge is -2.13. The molecule has 108 valence electrons. The molecule has 20 heavy (non-hydrogen) atoms. The van der Waals surface area contributed by atoms with Crippen LogP contribution in [0.2, 0.25) is 0 Å². The minimum atomic E-state index is 0.127. The fourth-order valence-electron chi connectivity index (χ4n) is 1.85. The fraction of sp³-hybridized carbons (Fsp3) is 0.400. The molecular formula is C15H19BrN2OS. The number of aromatic nitrogens is 1. The van der Waals surface area contributed by atoms with E-state index in [1.54, 1.807) is 11.3 Å². The standard InChI is InChI=1S/C15H19BrN2OS/c1-3-12(17)7-14-15(5-4-10(2)18-14)19-8-13-6-11(16)9-20-13/h4-6,9,12H,3,7-8,17H2,1-2H3. The van der Waals surface area contributed by atoms with Crippen LogP contribution in [0.1, 0.15) is 29.6 Å². The zero-order valence-corrected chi connectivity index (χ0v) is 14.1. The molecule has 1 unspecified atom stereocenters. The molecule has 0 aliphatic heterocycles. The van der Waals surface area contributed by atoms with Crippen LogP contribution in [0.15, 0.2) is 28.1 Å². The summed E-state index contributed by atoms with van der Waals surface area (Å²) in [7, 11) is 0. The maximum atomic E-state index is 6.03. The number of nitrogens with zero attached hydrogens (tertiary/aromatic N) is 1. The van der Waals surface area contributed by atoms with Crippen molar-refractivity contribution >= 4 is 27.3 Å². The Morgan fingerprint density at radius 3 is 2.90 bits per heavy atom. The Labute approximate surface area is 132 Å². The molecule has 0 aliphatic rings. The SMILES string of the molecule is CCC(N)Cc1nc(C)ccc1OCc1cc(Br)cs1. The molecule has 0 aliphatic carbocycles. The van der Waals surface area contributed by atoms with Crippen LogP contribution in [0.4, 0.5) is 0 Å². The van der Waals surface area contributed by atoms with Gasteiger partial charge >= 0.3 is 0 Å². The predicted molar refractivity (Wildman–Crippen MR) is 87.3 cm³/mol. The summed E-state index contributed by atoms with van der Waals surface area (Å²) in [6, 6.07) is 6.16. The number of rotatable bonds is 6. The highest BCUT2D eigenvalue weighted by atomic mass is 79.9. The van der Waals surface area contributed by atoms with E-state index in [4.69, 9.17) is 10.5 Å². The first-order valence-corrected chi connectivity index (χ1v) is 8.33. The van der Waals surface area contributed by atoms with Crippen molar-refractivity contribution in [2.45, 2.75) is 39.3 Å². The second kappa shape index (κ2) is 7.20. The first kappa shape index (κ1) is 15.5. The summed E-state index contributed by atoms with van der Waals surface area (Å²) >= 11 is 5.13. The highest BCUT2D eigenvalue weighted by Crippen LogP contribution is 2.24. The molecule has 2 aromatic heterocycles. The first-order valence-electron chi connectivity index (χ1n) is 6.66. The van der Waals surface area contributed by atoms with E-state index < -0.39 is 0 Å². The summed E-state index contributed by atoms with van der Waals surface area (Å²) in [6.45, 7) is 4.64. The number of halogens is 1. The van der Waals surface area contributed by atoms with Crippen molar-refractivity contribution in [2.75, 3.05) is 0 Å². The number of ether oxygens (including phenoxy) is 1. The van der Waals surface area contributed by atoms with Gasteiger partial charge in [-0.25, -0.2) is 0 Å². The lowest BCUT2D eigenvalue weighted by Crippen LogP contribution is -2.22. The molecule has 0 bridgehead atoms. The Morgan fingerprint density at radius 2 is 2.25 bits per heavy atom. The number of nitrogens with two attached hydrogens (primary N) is 1. The Kier molecular flexibility index (Phi) is 5.57. The highest BCUT2D eigenvalue weighted by molar-refractivity contribution is 9.10. The summed E-state index contributed by atoms with van der Waals surface area (Å²) in [6.07, 6.45) is 1.69. The Bertz CT molecular complexity index is 571. The van der Waals surface area contributed by atoms with Crippen LogP contribution < -0.4 is 10.5 Å². The molecule has 2 heterocycles. The molecule has 1 atom stereocenters. The van der Waals surface area contributed by atoms with Gasteiger partial charge in [0.1, 0.15) is 12.4 Å². The zero-order valence-electron chi connectivity index (χ0n) is 11.7.